The third-order valence-corrected chi connectivity index (χ3v) is 7.86. The average Bonchev–Trinajstić information content (AvgIpc) is 2.56. The molecule has 1 heterocycles. The zero-order valence-electron chi connectivity index (χ0n) is 13.2. The number of hydrogen-bond donors (Lipinski definition) is 0. The molecule has 3 heteroatoms. The van der Waals surface area contributed by atoms with Crippen LogP contribution in [0.5, 0.6) is 0 Å². The van der Waals surface area contributed by atoms with Crippen molar-refractivity contribution in [2.24, 2.45) is 0 Å². The Bertz CT molecular complexity index is 597. The molecule has 22 heavy (non-hydrogen) atoms. The summed E-state index contributed by atoms with van der Waals surface area (Å²) in [5, 5.41) is 1.29. The monoisotopic (exact) mass is 309 g/mol. The maximum absolute atomic E-state index is 6.22. The largest absolute Gasteiger partial charge is 0.412 e. The molecule has 0 N–H and O–H groups in total. The number of allylic oxidation sites excluding steroid dienone is 2. The Morgan fingerprint density at radius 1 is 1.05 bits per heavy atom. The van der Waals surface area contributed by atoms with Gasteiger partial charge in [0.05, 0.1) is 5.69 Å². The van der Waals surface area contributed by atoms with E-state index in [9.17, 15) is 0 Å². The molecule has 0 aliphatic rings. The molecule has 2 aromatic rings. The van der Waals surface area contributed by atoms with Crippen LogP contribution in [0.15, 0.2) is 74.0 Å². The maximum Gasteiger partial charge on any atom is 0.231 e. The van der Waals surface area contributed by atoms with Gasteiger partial charge in [0.25, 0.3) is 0 Å². The Morgan fingerprint density at radius 2 is 1.73 bits per heavy atom. The van der Waals surface area contributed by atoms with Crippen LogP contribution < -0.4 is 5.19 Å². The van der Waals surface area contributed by atoms with Gasteiger partial charge in [0, 0.05) is 18.4 Å². The normalized spacial score (nSPS) is 11.1. The van der Waals surface area contributed by atoms with Crippen LogP contribution in [0.3, 0.4) is 0 Å². The molecule has 0 spiro atoms. The highest BCUT2D eigenvalue weighted by atomic mass is 28.4. The Hall–Kier alpha value is -1.97. The van der Waals surface area contributed by atoms with Crippen molar-refractivity contribution in [3.63, 3.8) is 0 Å². The molecule has 0 atom stereocenters. The summed E-state index contributed by atoms with van der Waals surface area (Å²) in [7, 11) is -2.05. The summed E-state index contributed by atoms with van der Waals surface area (Å²) in [6.45, 7) is 10.6. The van der Waals surface area contributed by atoms with Crippen molar-refractivity contribution < 1.29 is 4.43 Å². The van der Waals surface area contributed by atoms with Gasteiger partial charge in [-0.25, -0.2) is 0 Å². The van der Waals surface area contributed by atoms with Gasteiger partial charge >= 0.3 is 0 Å². The molecule has 0 fully saturated rings. The third-order valence-electron chi connectivity index (χ3n) is 3.74. The summed E-state index contributed by atoms with van der Waals surface area (Å²) < 4.78 is 6.22. The standard InChI is InChI=1S/C19H23NOSi/c1-4-15-22(16-5-2,21-6-3)18-12-10-17(11-13-18)19-9-7-8-14-20-19/h4-5,7-14H,1-2,6,15-16H2,3H3. The smallest absolute Gasteiger partial charge is 0.231 e. The summed E-state index contributed by atoms with van der Waals surface area (Å²) in [5.74, 6) is 0. The van der Waals surface area contributed by atoms with Crippen molar-refractivity contribution in [1.82, 2.24) is 4.98 Å². The lowest BCUT2D eigenvalue weighted by molar-refractivity contribution is 0.333. The second-order valence-electron chi connectivity index (χ2n) is 5.21. The molecule has 0 saturated carbocycles. The van der Waals surface area contributed by atoms with E-state index in [4.69, 9.17) is 4.43 Å². The molecule has 0 amide bonds. The Kier molecular flexibility index (Phi) is 5.87. The van der Waals surface area contributed by atoms with Gasteiger partial charge in [0.15, 0.2) is 0 Å². The Balaban J connectivity index is 2.36. The fourth-order valence-corrected chi connectivity index (χ4v) is 6.04. The van der Waals surface area contributed by atoms with E-state index in [0.717, 1.165) is 30.0 Å². The van der Waals surface area contributed by atoms with Crippen molar-refractivity contribution in [3.05, 3.63) is 74.0 Å². The van der Waals surface area contributed by atoms with E-state index >= 15 is 0 Å². The molecule has 1 aromatic heterocycles. The molecule has 0 bridgehead atoms. The van der Waals surface area contributed by atoms with Crippen molar-refractivity contribution in [3.8, 4) is 11.3 Å². The van der Waals surface area contributed by atoms with E-state index in [1.807, 2.05) is 36.5 Å². The minimum Gasteiger partial charge on any atom is -0.412 e. The zero-order valence-corrected chi connectivity index (χ0v) is 14.2. The van der Waals surface area contributed by atoms with Gasteiger partial charge in [0.2, 0.25) is 8.32 Å². The van der Waals surface area contributed by atoms with Gasteiger partial charge in [0.1, 0.15) is 0 Å². The van der Waals surface area contributed by atoms with Crippen LogP contribution in [0, 0.1) is 0 Å². The number of pyridine rings is 1. The van der Waals surface area contributed by atoms with Gasteiger partial charge in [-0.15, -0.1) is 13.2 Å². The van der Waals surface area contributed by atoms with Crippen LogP contribution in [0.25, 0.3) is 11.3 Å². The summed E-state index contributed by atoms with van der Waals surface area (Å²) >= 11 is 0. The van der Waals surface area contributed by atoms with Crippen LogP contribution in [0.4, 0.5) is 0 Å². The van der Waals surface area contributed by atoms with Crippen LogP contribution in [-0.2, 0) is 4.43 Å². The van der Waals surface area contributed by atoms with E-state index in [2.05, 4.69) is 49.3 Å². The summed E-state index contributed by atoms with van der Waals surface area (Å²) in [6.07, 6.45) is 5.76. The van der Waals surface area contributed by atoms with E-state index in [0.29, 0.717) is 0 Å². The van der Waals surface area contributed by atoms with E-state index < -0.39 is 8.32 Å². The predicted octanol–water partition coefficient (Wildman–Crippen LogP) is 4.31. The third kappa shape index (κ3) is 3.61. The number of hydrogen-bond acceptors (Lipinski definition) is 2. The van der Waals surface area contributed by atoms with Gasteiger partial charge in [-0.2, -0.15) is 0 Å². The minimum absolute atomic E-state index is 0.718. The van der Waals surface area contributed by atoms with Crippen LogP contribution in [-0.4, -0.2) is 19.9 Å². The van der Waals surface area contributed by atoms with Crippen molar-refractivity contribution in [2.45, 2.75) is 19.0 Å². The molecule has 0 unspecified atom stereocenters. The lowest BCUT2D eigenvalue weighted by Gasteiger charge is -2.29. The van der Waals surface area contributed by atoms with Crippen LogP contribution in [0.1, 0.15) is 6.92 Å². The number of nitrogens with zero attached hydrogens (tertiary/aromatic N) is 1. The molecule has 0 saturated heterocycles. The quantitative estimate of drug-likeness (QED) is 0.535. The van der Waals surface area contributed by atoms with E-state index in [1.54, 1.807) is 0 Å². The molecule has 0 radical (unpaired) electrons. The second kappa shape index (κ2) is 7.87. The average molecular weight is 309 g/mol. The summed E-state index contributed by atoms with van der Waals surface area (Å²) in [6, 6.07) is 16.4. The topological polar surface area (TPSA) is 22.1 Å². The predicted molar refractivity (Wildman–Crippen MR) is 96.7 cm³/mol. The summed E-state index contributed by atoms with van der Waals surface area (Å²) in [4.78, 5) is 4.40. The fourth-order valence-electron chi connectivity index (χ4n) is 2.74. The number of benzene rings is 1. The van der Waals surface area contributed by atoms with Crippen molar-refractivity contribution in [2.75, 3.05) is 6.61 Å². The van der Waals surface area contributed by atoms with Crippen LogP contribution >= 0.6 is 0 Å². The van der Waals surface area contributed by atoms with Gasteiger partial charge in [-0.05, 0) is 36.3 Å². The zero-order chi connectivity index (χ0) is 15.8. The van der Waals surface area contributed by atoms with Gasteiger partial charge < -0.3 is 4.43 Å². The maximum atomic E-state index is 6.22. The summed E-state index contributed by atoms with van der Waals surface area (Å²) in [5.41, 5.74) is 2.12. The minimum atomic E-state index is -2.05. The number of rotatable bonds is 8. The highest BCUT2D eigenvalue weighted by Crippen LogP contribution is 2.21. The first-order valence-corrected chi connectivity index (χ1v) is 9.95. The molecule has 2 rings (SSSR count). The van der Waals surface area contributed by atoms with Crippen molar-refractivity contribution >= 4 is 13.5 Å². The molecule has 2 nitrogen and oxygen atoms in total. The highest BCUT2D eigenvalue weighted by Gasteiger charge is 2.34. The molecule has 114 valence electrons. The Morgan fingerprint density at radius 3 is 2.23 bits per heavy atom. The van der Waals surface area contributed by atoms with Gasteiger partial charge in [-0.3, -0.25) is 4.98 Å². The molecular formula is C19H23NOSi. The number of aromatic nitrogens is 1. The SMILES string of the molecule is C=CC[Si](CC=C)(OCC)c1ccc(-c2ccccn2)cc1. The van der Waals surface area contributed by atoms with Gasteiger partial charge in [-0.1, -0.05) is 42.5 Å². The molecule has 1 aromatic carbocycles. The highest BCUT2D eigenvalue weighted by molar-refractivity contribution is 6.87. The molecule has 0 aliphatic carbocycles. The Labute approximate surface area is 134 Å². The lowest BCUT2D eigenvalue weighted by atomic mass is 10.1. The van der Waals surface area contributed by atoms with E-state index in [-0.39, 0.29) is 0 Å². The fraction of sp³-hybridized carbons (Fsp3) is 0.211. The second-order valence-corrected chi connectivity index (χ2v) is 8.88. The van der Waals surface area contributed by atoms with E-state index in [1.165, 1.54) is 5.19 Å². The first-order valence-electron chi connectivity index (χ1n) is 7.63. The lowest BCUT2D eigenvalue weighted by Crippen LogP contribution is -2.50. The first kappa shape index (κ1) is 16.4. The van der Waals surface area contributed by atoms with Crippen molar-refractivity contribution in [1.29, 1.82) is 0 Å². The molecule has 0 aliphatic heterocycles. The first-order chi connectivity index (χ1) is 10.8. The molecular weight excluding hydrogens is 286 g/mol. The van der Waals surface area contributed by atoms with Crippen LogP contribution in [0.2, 0.25) is 12.1 Å².